The van der Waals surface area contributed by atoms with Crippen LogP contribution >= 0.6 is 11.3 Å². The third-order valence-corrected chi connectivity index (χ3v) is 8.51. The molecule has 3 aliphatic heterocycles. The van der Waals surface area contributed by atoms with Crippen LogP contribution in [0.5, 0.6) is 0 Å². The van der Waals surface area contributed by atoms with Crippen molar-refractivity contribution < 1.29 is 29.0 Å². The summed E-state index contributed by atoms with van der Waals surface area (Å²) >= 11 is 1.64. The van der Waals surface area contributed by atoms with Crippen LogP contribution in [0.3, 0.4) is 0 Å². The van der Waals surface area contributed by atoms with Gasteiger partial charge in [0.1, 0.15) is 16.1 Å². The maximum Gasteiger partial charge on any atom is 0.352 e. The van der Waals surface area contributed by atoms with E-state index in [1.54, 1.807) is 23.3 Å². The first-order valence-corrected chi connectivity index (χ1v) is 11.5. The van der Waals surface area contributed by atoms with E-state index < -0.39 is 11.5 Å². The first kappa shape index (κ1) is 20.0. The predicted molar refractivity (Wildman–Crippen MR) is 115 cm³/mol. The topological polar surface area (TPSA) is 111 Å². The third kappa shape index (κ3) is 2.67. The third-order valence-electron chi connectivity index (χ3n) is 7.21. The molecule has 4 atom stereocenters. The van der Waals surface area contributed by atoms with E-state index in [9.17, 15) is 14.7 Å². The van der Waals surface area contributed by atoms with Gasteiger partial charge >= 0.3 is 11.9 Å². The molecule has 0 bridgehead atoms. The zero-order chi connectivity index (χ0) is 22.3. The Morgan fingerprint density at radius 1 is 1.34 bits per heavy atom. The number of hydroxylamine groups is 1. The van der Waals surface area contributed by atoms with Gasteiger partial charge in [-0.05, 0) is 44.7 Å². The van der Waals surface area contributed by atoms with E-state index in [1.165, 1.54) is 4.88 Å². The Bertz CT molecular complexity index is 1210. The molecule has 9 nitrogen and oxygen atoms in total. The molecular formula is C22H23N3O6S. The number of carbonyl (C=O) groups excluding carboxylic acids is 1. The normalized spacial score (nSPS) is 32.8. The number of amidine groups is 1. The molecular weight excluding hydrogens is 434 g/mol. The molecule has 0 radical (unpaired) electrons. The van der Waals surface area contributed by atoms with E-state index >= 15 is 0 Å². The average molecular weight is 458 g/mol. The quantitative estimate of drug-likeness (QED) is 0.679. The van der Waals surface area contributed by atoms with Crippen LogP contribution in [0.4, 0.5) is 0 Å². The zero-order valence-electron chi connectivity index (χ0n) is 17.7. The van der Waals surface area contributed by atoms with Gasteiger partial charge in [0.05, 0.1) is 18.8 Å². The molecule has 1 aliphatic carbocycles. The summed E-state index contributed by atoms with van der Waals surface area (Å²) in [4.78, 5) is 34.9. The van der Waals surface area contributed by atoms with Gasteiger partial charge in [-0.15, -0.1) is 11.3 Å². The molecule has 1 saturated carbocycles. The van der Waals surface area contributed by atoms with Gasteiger partial charge in [-0.3, -0.25) is 0 Å². The monoisotopic (exact) mass is 457 g/mol. The highest BCUT2D eigenvalue weighted by molar-refractivity contribution is 7.18. The minimum atomic E-state index is -1.00. The minimum Gasteiger partial charge on any atom is -0.477 e. The van der Waals surface area contributed by atoms with Crippen LogP contribution < -0.4 is 5.48 Å². The molecule has 5 heterocycles. The minimum absolute atomic E-state index is 0.0459. The molecule has 32 heavy (non-hydrogen) atoms. The number of rotatable bonds is 4. The summed E-state index contributed by atoms with van der Waals surface area (Å²) < 4.78 is 13.4. The van der Waals surface area contributed by atoms with E-state index in [-0.39, 0.29) is 29.0 Å². The lowest BCUT2D eigenvalue weighted by molar-refractivity contribution is -0.0588. The second-order valence-corrected chi connectivity index (χ2v) is 10.6. The Hall–Kier alpha value is -2.65. The fourth-order valence-corrected chi connectivity index (χ4v) is 7.15. The van der Waals surface area contributed by atoms with Crippen molar-refractivity contribution >= 4 is 39.3 Å². The Kier molecular flexibility index (Phi) is 4.17. The molecule has 0 amide bonds. The molecule has 0 aromatic carbocycles. The lowest BCUT2D eigenvalue weighted by atomic mass is 9.87. The Morgan fingerprint density at radius 2 is 2.12 bits per heavy atom. The van der Waals surface area contributed by atoms with Gasteiger partial charge in [-0.2, -0.15) is 4.99 Å². The second kappa shape index (κ2) is 6.68. The second-order valence-electron chi connectivity index (χ2n) is 9.52. The SMILES string of the molecule is CC1(C)C[C@@H](c2cc3cc(C(=O)O)n(C4(C5=NC(=C=O)ON5)[C@@H]5COC[C@@H]54)c3s2)CCO1. The summed E-state index contributed by atoms with van der Waals surface area (Å²) in [7, 11) is 0. The van der Waals surface area contributed by atoms with Crippen molar-refractivity contribution in [3.63, 3.8) is 0 Å². The van der Waals surface area contributed by atoms with Crippen molar-refractivity contribution in [3.05, 3.63) is 28.6 Å². The van der Waals surface area contributed by atoms with E-state index in [2.05, 4.69) is 30.4 Å². The van der Waals surface area contributed by atoms with Crippen LogP contribution in [0.15, 0.2) is 23.0 Å². The molecule has 168 valence electrons. The molecule has 1 unspecified atom stereocenters. The maximum absolute atomic E-state index is 12.3. The van der Waals surface area contributed by atoms with Crippen LogP contribution in [0, 0.1) is 11.8 Å². The summed E-state index contributed by atoms with van der Waals surface area (Å²) in [5.74, 6) is 1.38. The molecule has 6 rings (SSSR count). The lowest BCUT2D eigenvalue weighted by Gasteiger charge is -2.35. The number of carbonyl (C=O) groups is 1. The first-order chi connectivity index (χ1) is 15.3. The number of nitrogens with zero attached hydrogens (tertiary/aromatic N) is 2. The number of nitrogens with one attached hydrogen (secondary N) is 1. The summed E-state index contributed by atoms with van der Waals surface area (Å²) in [5.41, 5.74) is 2.04. The maximum atomic E-state index is 12.3. The van der Waals surface area contributed by atoms with Crippen LogP contribution in [-0.2, 0) is 24.6 Å². The molecule has 0 spiro atoms. The van der Waals surface area contributed by atoms with Crippen LogP contribution in [-0.4, -0.2) is 52.8 Å². The summed E-state index contributed by atoms with van der Waals surface area (Å²) in [5, 5.41) is 10.9. The van der Waals surface area contributed by atoms with Crippen molar-refractivity contribution in [1.29, 1.82) is 0 Å². The number of aromatic nitrogens is 1. The summed E-state index contributed by atoms with van der Waals surface area (Å²) in [6, 6.07) is 3.86. The number of hydrogen-bond acceptors (Lipinski definition) is 8. The fraction of sp³-hybridized carbons (Fsp3) is 0.545. The van der Waals surface area contributed by atoms with Gasteiger partial charge in [0.15, 0.2) is 11.8 Å². The van der Waals surface area contributed by atoms with E-state index in [0.29, 0.717) is 31.6 Å². The number of hydrogen-bond donors (Lipinski definition) is 2. The van der Waals surface area contributed by atoms with Crippen LogP contribution in [0.1, 0.15) is 48.0 Å². The van der Waals surface area contributed by atoms with E-state index in [0.717, 1.165) is 23.1 Å². The van der Waals surface area contributed by atoms with E-state index in [4.69, 9.17) is 14.3 Å². The van der Waals surface area contributed by atoms with Gasteiger partial charge in [0.2, 0.25) is 0 Å². The smallest absolute Gasteiger partial charge is 0.352 e. The van der Waals surface area contributed by atoms with Crippen molar-refractivity contribution in [2.24, 2.45) is 16.8 Å². The highest BCUT2D eigenvalue weighted by atomic mass is 32.1. The highest BCUT2D eigenvalue weighted by Crippen LogP contribution is 2.63. The molecule has 2 saturated heterocycles. The summed E-state index contributed by atoms with van der Waals surface area (Å²) in [6.07, 6.45) is 1.86. The Morgan fingerprint density at radius 3 is 2.78 bits per heavy atom. The number of fused-ring (bicyclic) bond motifs is 2. The number of aliphatic imine (C=N–C) groups is 1. The molecule has 2 aromatic rings. The Labute approximate surface area is 187 Å². The molecule has 2 N–H and O–H groups in total. The standard InChI is InChI=1S/C22H23N3O6S/c1-21(2)7-11(3-4-30-21)16-6-12-5-15(19(27)28)25(18(12)32-16)22(13-9-29-10-14(13)22)20-23-17(8-26)31-24-20/h5-6,11,13-14H,3-4,7,9-10H2,1-2H3,(H,23,24)(H,27,28)/t11-,13-,14+,22?/m0/s1. The Balaban J connectivity index is 1.51. The fourth-order valence-electron chi connectivity index (χ4n) is 5.79. The lowest BCUT2D eigenvalue weighted by Crippen LogP contribution is -2.42. The van der Waals surface area contributed by atoms with E-state index in [1.807, 2.05) is 4.57 Å². The van der Waals surface area contributed by atoms with Crippen LogP contribution in [0.2, 0.25) is 0 Å². The average Bonchev–Trinajstić information content (AvgIpc) is 3.35. The first-order valence-electron chi connectivity index (χ1n) is 10.7. The van der Waals surface area contributed by atoms with Crippen molar-refractivity contribution in [2.45, 2.75) is 43.7 Å². The predicted octanol–water partition coefficient (Wildman–Crippen LogP) is 2.65. The molecule has 10 heteroatoms. The highest BCUT2D eigenvalue weighted by Gasteiger charge is 2.73. The summed E-state index contributed by atoms with van der Waals surface area (Å²) in [6.45, 7) is 5.92. The number of carboxylic acids is 1. The van der Waals surface area contributed by atoms with Gasteiger partial charge in [0, 0.05) is 28.7 Å². The largest absolute Gasteiger partial charge is 0.477 e. The number of thiophene rings is 1. The molecule has 3 fully saturated rings. The molecule has 2 aromatic heterocycles. The van der Waals surface area contributed by atoms with Gasteiger partial charge in [-0.1, -0.05) is 0 Å². The zero-order valence-corrected chi connectivity index (χ0v) is 18.5. The van der Waals surface area contributed by atoms with Crippen LogP contribution in [0.25, 0.3) is 10.2 Å². The number of carboxylic acid groups (broad SMARTS) is 1. The number of aromatic carboxylic acids is 1. The number of ether oxygens (including phenoxy) is 2. The van der Waals surface area contributed by atoms with Crippen molar-refractivity contribution in [1.82, 2.24) is 10.0 Å². The van der Waals surface area contributed by atoms with Gasteiger partial charge in [0.25, 0.3) is 0 Å². The molecule has 4 aliphatic rings. The van der Waals surface area contributed by atoms with Crippen molar-refractivity contribution in [2.75, 3.05) is 19.8 Å². The van der Waals surface area contributed by atoms with Gasteiger partial charge < -0.3 is 24.0 Å². The van der Waals surface area contributed by atoms with Crippen molar-refractivity contribution in [3.8, 4) is 0 Å². The van der Waals surface area contributed by atoms with Gasteiger partial charge in [-0.25, -0.2) is 15.1 Å².